The van der Waals surface area contributed by atoms with Crippen LogP contribution in [0.1, 0.15) is 16.5 Å². The monoisotopic (exact) mass is 283 g/mol. The van der Waals surface area contributed by atoms with Crippen molar-refractivity contribution in [2.45, 2.75) is 12.5 Å². The Morgan fingerprint density at radius 1 is 1.26 bits per heavy atom. The van der Waals surface area contributed by atoms with Crippen molar-refractivity contribution in [2.24, 2.45) is 0 Å². The van der Waals surface area contributed by atoms with Crippen LogP contribution in [-0.4, -0.2) is 14.2 Å². The van der Waals surface area contributed by atoms with Crippen LogP contribution in [0, 0.1) is 11.6 Å². The maximum absolute atomic E-state index is 13.2. The molecule has 2 aromatic rings. The van der Waals surface area contributed by atoms with Crippen molar-refractivity contribution in [3.63, 3.8) is 0 Å². The van der Waals surface area contributed by atoms with Crippen molar-refractivity contribution in [1.82, 2.24) is 5.32 Å². The number of nitrogens with one attached hydrogen (secondary N) is 1. The molecule has 0 spiro atoms. The van der Waals surface area contributed by atoms with Crippen molar-refractivity contribution in [2.75, 3.05) is 14.2 Å². The summed E-state index contributed by atoms with van der Waals surface area (Å²) in [7, 11) is 3.46. The summed E-state index contributed by atoms with van der Waals surface area (Å²) in [5.41, 5.74) is 0.744. The molecule has 1 N–H and O–H groups in total. The van der Waals surface area contributed by atoms with E-state index < -0.39 is 11.6 Å². The summed E-state index contributed by atoms with van der Waals surface area (Å²) in [4.78, 5) is 1.05. The topological polar surface area (TPSA) is 21.3 Å². The summed E-state index contributed by atoms with van der Waals surface area (Å²) in [5, 5.41) is 5.12. The first-order chi connectivity index (χ1) is 9.15. The van der Waals surface area contributed by atoms with Crippen LogP contribution >= 0.6 is 11.3 Å². The Balaban J connectivity index is 2.21. The lowest BCUT2D eigenvalue weighted by Gasteiger charge is -2.16. The Morgan fingerprint density at radius 2 is 2.05 bits per heavy atom. The first-order valence-electron chi connectivity index (χ1n) is 5.88. The largest absolute Gasteiger partial charge is 0.496 e. The lowest BCUT2D eigenvalue weighted by Crippen LogP contribution is -2.18. The number of halogens is 2. The van der Waals surface area contributed by atoms with Gasteiger partial charge in [-0.05, 0) is 42.6 Å². The molecule has 1 heterocycles. The Hall–Kier alpha value is -1.46. The molecule has 0 aliphatic carbocycles. The van der Waals surface area contributed by atoms with E-state index in [0.717, 1.165) is 22.3 Å². The van der Waals surface area contributed by atoms with E-state index in [1.54, 1.807) is 24.5 Å². The first-order valence-corrected chi connectivity index (χ1v) is 6.76. The number of hydrogen-bond acceptors (Lipinski definition) is 3. The van der Waals surface area contributed by atoms with Gasteiger partial charge in [-0.3, -0.25) is 0 Å². The van der Waals surface area contributed by atoms with E-state index in [-0.39, 0.29) is 6.04 Å². The molecule has 0 radical (unpaired) electrons. The summed E-state index contributed by atoms with van der Waals surface area (Å²) in [5.74, 6) is -0.823. The minimum absolute atomic E-state index is 0.0137. The predicted octanol–water partition coefficient (Wildman–Crippen LogP) is 3.54. The average Bonchev–Trinajstić information content (AvgIpc) is 2.88. The molecule has 0 aliphatic heterocycles. The molecular weight excluding hydrogens is 268 g/mol. The minimum atomic E-state index is -0.821. The van der Waals surface area contributed by atoms with Crippen molar-refractivity contribution in [1.29, 1.82) is 0 Å². The quantitative estimate of drug-likeness (QED) is 0.906. The van der Waals surface area contributed by atoms with E-state index in [1.165, 1.54) is 6.07 Å². The smallest absolute Gasteiger partial charge is 0.159 e. The maximum atomic E-state index is 13.2. The maximum Gasteiger partial charge on any atom is 0.159 e. The Morgan fingerprint density at radius 3 is 2.68 bits per heavy atom. The number of rotatable bonds is 5. The van der Waals surface area contributed by atoms with Crippen LogP contribution in [0.25, 0.3) is 0 Å². The third-order valence-electron chi connectivity index (χ3n) is 2.97. The van der Waals surface area contributed by atoms with Gasteiger partial charge in [0.1, 0.15) is 5.75 Å². The van der Waals surface area contributed by atoms with E-state index in [9.17, 15) is 8.78 Å². The molecule has 0 aliphatic rings. The number of thiophene rings is 1. The van der Waals surface area contributed by atoms with E-state index in [0.29, 0.717) is 6.42 Å². The van der Waals surface area contributed by atoms with E-state index >= 15 is 0 Å². The van der Waals surface area contributed by atoms with Crippen LogP contribution in [0.5, 0.6) is 5.75 Å². The fraction of sp³-hybridized carbons (Fsp3) is 0.286. The minimum Gasteiger partial charge on any atom is -0.496 e. The SMILES string of the molecule is CNC(Cc1ccc(F)c(F)c1)c1sccc1OC. The first kappa shape index (κ1) is 14.0. The van der Waals surface area contributed by atoms with E-state index in [2.05, 4.69) is 5.32 Å². The highest BCUT2D eigenvalue weighted by Crippen LogP contribution is 2.32. The molecule has 0 saturated carbocycles. The lowest BCUT2D eigenvalue weighted by molar-refractivity contribution is 0.405. The molecule has 2 nitrogen and oxygen atoms in total. The molecule has 102 valence electrons. The van der Waals surface area contributed by atoms with Gasteiger partial charge in [0.15, 0.2) is 11.6 Å². The Bertz CT molecular complexity index is 556. The second-order valence-corrected chi connectivity index (χ2v) is 5.09. The highest BCUT2D eigenvalue weighted by Gasteiger charge is 2.17. The van der Waals surface area contributed by atoms with Crippen LogP contribution in [0.15, 0.2) is 29.6 Å². The van der Waals surface area contributed by atoms with Gasteiger partial charge < -0.3 is 10.1 Å². The van der Waals surface area contributed by atoms with Crippen molar-refractivity contribution >= 4 is 11.3 Å². The molecule has 0 saturated heterocycles. The molecule has 1 atom stereocenters. The highest BCUT2D eigenvalue weighted by molar-refractivity contribution is 7.10. The molecule has 0 bridgehead atoms. The number of likely N-dealkylation sites (N-methyl/N-ethyl adjacent to an activating group) is 1. The number of hydrogen-bond donors (Lipinski definition) is 1. The van der Waals surface area contributed by atoms with Crippen LogP contribution in [0.2, 0.25) is 0 Å². The highest BCUT2D eigenvalue weighted by atomic mass is 32.1. The molecule has 2 rings (SSSR count). The van der Waals surface area contributed by atoms with Gasteiger partial charge >= 0.3 is 0 Å². The standard InChI is InChI=1S/C14H15F2NOS/c1-17-12(14-13(18-2)5-6-19-14)8-9-3-4-10(15)11(16)7-9/h3-7,12,17H,8H2,1-2H3. The van der Waals surface area contributed by atoms with Gasteiger partial charge in [-0.2, -0.15) is 0 Å². The van der Waals surface area contributed by atoms with Crippen LogP contribution < -0.4 is 10.1 Å². The van der Waals surface area contributed by atoms with Gasteiger partial charge in [0.25, 0.3) is 0 Å². The van der Waals surface area contributed by atoms with Crippen molar-refractivity contribution in [3.05, 3.63) is 51.7 Å². The van der Waals surface area contributed by atoms with Gasteiger partial charge in [0.05, 0.1) is 12.0 Å². The second kappa shape index (κ2) is 6.12. The van der Waals surface area contributed by atoms with Gasteiger partial charge in [-0.25, -0.2) is 8.78 Å². The van der Waals surface area contributed by atoms with Crippen LogP contribution in [-0.2, 0) is 6.42 Å². The second-order valence-electron chi connectivity index (χ2n) is 4.15. The van der Waals surface area contributed by atoms with Crippen molar-refractivity contribution < 1.29 is 13.5 Å². The van der Waals surface area contributed by atoms with Crippen LogP contribution in [0.4, 0.5) is 8.78 Å². The van der Waals surface area contributed by atoms with Gasteiger partial charge in [0, 0.05) is 6.04 Å². The zero-order valence-corrected chi connectivity index (χ0v) is 11.6. The number of benzene rings is 1. The van der Waals surface area contributed by atoms with Gasteiger partial charge in [-0.15, -0.1) is 11.3 Å². The predicted molar refractivity (Wildman–Crippen MR) is 72.7 cm³/mol. The molecule has 1 unspecified atom stereocenters. The molecule has 1 aromatic heterocycles. The molecule has 1 aromatic carbocycles. The Kier molecular flexibility index (Phi) is 4.50. The molecule has 5 heteroatoms. The lowest BCUT2D eigenvalue weighted by atomic mass is 10.0. The van der Waals surface area contributed by atoms with Gasteiger partial charge in [0.2, 0.25) is 0 Å². The normalized spacial score (nSPS) is 12.4. The molecule has 19 heavy (non-hydrogen) atoms. The summed E-state index contributed by atoms with van der Waals surface area (Å²) in [6.07, 6.45) is 0.574. The fourth-order valence-corrected chi connectivity index (χ4v) is 2.93. The fourth-order valence-electron chi connectivity index (χ4n) is 1.96. The Labute approximate surface area is 115 Å². The zero-order chi connectivity index (χ0) is 13.8. The van der Waals surface area contributed by atoms with E-state index in [1.807, 2.05) is 18.5 Å². The third kappa shape index (κ3) is 3.11. The summed E-state index contributed by atoms with van der Waals surface area (Å²) in [6, 6.07) is 5.90. The van der Waals surface area contributed by atoms with Gasteiger partial charge in [-0.1, -0.05) is 6.07 Å². The van der Waals surface area contributed by atoms with E-state index in [4.69, 9.17) is 4.74 Å². The third-order valence-corrected chi connectivity index (χ3v) is 3.98. The summed E-state index contributed by atoms with van der Waals surface area (Å²) < 4.78 is 31.4. The van der Waals surface area contributed by atoms with Crippen LogP contribution in [0.3, 0.4) is 0 Å². The average molecular weight is 283 g/mol. The number of methoxy groups -OCH3 is 1. The summed E-state index contributed by atoms with van der Waals surface area (Å²) >= 11 is 1.58. The number of ether oxygens (including phenoxy) is 1. The van der Waals surface area contributed by atoms with Crippen molar-refractivity contribution in [3.8, 4) is 5.75 Å². The summed E-state index contributed by atoms with van der Waals surface area (Å²) in [6.45, 7) is 0. The molecular formula is C14H15F2NOS. The molecule has 0 fully saturated rings. The zero-order valence-electron chi connectivity index (χ0n) is 10.7. The molecule has 0 amide bonds.